The predicted octanol–water partition coefficient (Wildman–Crippen LogP) is 1.53. The van der Waals surface area contributed by atoms with Gasteiger partial charge in [0.05, 0.1) is 6.54 Å². The van der Waals surface area contributed by atoms with Gasteiger partial charge in [-0.2, -0.15) is 0 Å². The van der Waals surface area contributed by atoms with Gasteiger partial charge in [-0.3, -0.25) is 0 Å². The Labute approximate surface area is 106 Å². The molecule has 0 bridgehead atoms. The molecule has 1 heterocycles. The van der Waals surface area contributed by atoms with E-state index >= 15 is 0 Å². The smallest absolute Gasteiger partial charge is 0.170 e. The minimum absolute atomic E-state index is 0.306. The van der Waals surface area contributed by atoms with Crippen molar-refractivity contribution in [1.82, 2.24) is 15.0 Å². The molecular weight excluding hydrogens is 228 g/mol. The van der Waals surface area contributed by atoms with Gasteiger partial charge in [-0.1, -0.05) is 12.1 Å². The average Bonchev–Trinajstić information content (AvgIpc) is 2.36. The maximum atomic E-state index is 5.63. The summed E-state index contributed by atoms with van der Waals surface area (Å²) in [6.45, 7) is 4.46. The van der Waals surface area contributed by atoms with E-state index in [0.29, 0.717) is 30.6 Å². The highest BCUT2D eigenvalue weighted by molar-refractivity contribution is 5.27. The van der Waals surface area contributed by atoms with E-state index in [1.807, 2.05) is 38.1 Å². The number of ether oxygens (including phenoxy) is 1. The van der Waals surface area contributed by atoms with Crippen LogP contribution in [0.3, 0.4) is 0 Å². The predicted molar refractivity (Wildman–Crippen MR) is 68.0 cm³/mol. The minimum atomic E-state index is 0.306. The number of nitrogens with zero attached hydrogens (tertiary/aromatic N) is 3. The molecule has 0 saturated heterocycles. The van der Waals surface area contributed by atoms with Crippen LogP contribution in [0.25, 0.3) is 0 Å². The number of rotatable bonds is 4. The Morgan fingerprint density at radius 2 is 1.89 bits per heavy atom. The zero-order chi connectivity index (χ0) is 13.0. The van der Waals surface area contributed by atoms with Crippen molar-refractivity contribution in [3.05, 3.63) is 47.3 Å². The highest BCUT2D eigenvalue weighted by Gasteiger charge is 2.03. The molecular formula is C13H16N4O. The second-order valence-electron chi connectivity index (χ2n) is 4.02. The summed E-state index contributed by atoms with van der Waals surface area (Å²) in [7, 11) is 0. The third-order valence-corrected chi connectivity index (χ3v) is 2.38. The lowest BCUT2D eigenvalue weighted by molar-refractivity contribution is 0.294. The number of nitrogens with two attached hydrogens (primary N) is 1. The number of hydrogen-bond donors (Lipinski definition) is 1. The van der Waals surface area contributed by atoms with Crippen LogP contribution in [0.1, 0.15) is 23.0 Å². The van der Waals surface area contributed by atoms with Gasteiger partial charge in [0.15, 0.2) is 5.82 Å². The number of aryl methyl sites for hydroxylation is 2. The lowest BCUT2D eigenvalue weighted by Gasteiger charge is -2.07. The molecule has 0 unspecified atom stereocenters. The lowest BCUT2D eigenvalue weighted by Crippen LogP contribution is -2.11. The summed E-state index contributed by atoms with van der Waals surface area (Å²) >= 11 is 0. The van der Waals surface area contributed by atoms with Crippen molar-refractivity contribution in [2.75, 3.05) is 0 Å². The summed E-state index contributed by atoms with van der Waals surface area (Å²) in [5.41, 5.74) is 6.68. The Morgan fingerprint density at radius 3 is 2.61 bits per heavy atom. The number of hydrogen-bond acceptors (Lipinski definition) is 5. The molecule has 0 aliphatic heterocycles. The van der Waals surface area contributed by atoms with Gasteiger partial charge in [-0.05, 0) is 31.5 Å². The van der Waals surface area contributed by atoms with E-state index < -0.39 is 0 Å². The molecule has 0 spiro atoms. The molecule has 2 N–H and O–H groups in total. The Hall–Kier alpha value is -2.01. The van der Waals surface area contributed by atoms with Gasteiger partial charge in [-0.25, -0.2) is 15.0 Å². The molecule has 0 aliphatic carbocycles. The van der Waals surface area contributed by atoms with Crippen LogP contribution in [0.5, 0.6) is 5.75 Å². The molecule has 5 heteroatoms. The van der Waals surface area contributed by atoms with E-state index in [2.05, 4.69) is 15.0 Å². The average molecular weight is 244 g/mol. The van der Waals surface area contributed by atoms with Gasteiger partial charge in [-0.15, -0.1) is 0 Å². The normalized spacial score (nSPS) is 10.4. The van der Waals surface area contributed by atoms with Crippen LogP contribution < -0.4 is 10.5 Å². The molecule has 1 aromatic carbocycles. The van der Waals surface area contributed by atoms with E-state index in [1.54, 1.807) is 0 Å². The summed E-state index contributed by atoms with van der Waals surface area (Å²) in [4.78, 5) is 12.6. The molecule has 0 atom stereocenters. The maximum absolute atomic E-state index is 5.63. The van der Waals surface area contributed by atoms with Gasteiger partial charge < -0.3 is 10.5 Å². The second kappa shape index (κ2) is 5.55. The SMILES string of the molecule is Cc1cccc(OCc2nc(C)nc(CN)n2)c1. The van der Waals surface area contributed by atoms with Crippen molar-refractivity contribution in [1.29, 1.82) is 0 Å². The van der Waals surface area contributed by atoms with Gasteiger partial charge in [0.25, 0.3) is 0 Å². The zero-order valence-electron chi connectivity index (χ0n) is 10.6. The first-order valence-electron chi connectivity index (χ1n) is 5.77. The van der Waals surface area contributed by atoms with E-state index in [9.17, 15) is 0 Å². The number of benzene rings is 1. The first-order chi connectivity index (χ1) is 8.67. The minimum Gasteiger partial charge on any atom is -0.486 e. The number of aromatic nitrogens is 3. The molecule has 1 aromatic heterocycles. The Morgan fingerprint density at radius 1 is 1.11 bits per heavy atom. The molecule has 0 radical (unpaired) electrons. The van der Waals surface area contributed by atoms with Gasteiger partial charge in [0.1, 0.15) is 24.0 Å². The Bertz CT molecular complexity index is 542. The highest BCUT2D eigenvalue weighted by atomic mass is 16.5. The van der Waals surface area contributed by atoms with E-state index in [-0.39, 0.29) is 0 Å². The van der Waals surface area contributed by atoms with Crippen LogP contribution in [-0.4, -0.2) is 15.0 Å². The van der Waals surface area contributed by atoms with Gasteiger partial charge in [0, 0.05) is 0 Å². The zero-order valence-corrected chi connectivity index (χ0v) is 10.6. The third-order valence-electron chi connectivity index (χ3n) is 2.38. The largest absolute Gasteiger partial charge is 0.486 e. The van der Waals surface area contributed by atoms with Crippen molar-refractivity contribution in [2.24, 2.45) is 5.73 Å². The molecule has 94 valence electrons. The van der Waals surface area contributed by atoms with Gasteiger partial charge in [0.2, 0.25) is 0 Å². The lowest BCUT2D eigenvalue weighted by atomic mass is 10.2. The van der Waals surface area contributed by atoms with Crippen LogP contribution in [0.15, 0.2) is 24.3 Å². The molecule has 0 fully saturated rings. The molecule has 0 aliphatic rings. The molecule has 18 heavy (non-hydrogen) atoms. The molecule has 0 amide bonds. The van der Waals surface area contributed by atoms with Crippen LogP contribution in [0, 0.1) is 13.8 Å². The third kappa shape index (κ3) is 3.24. The molecule has 5 nitrogen and oxygen atoms in total. The van der Waals surface area contributed by atoms with E-state index in [0.717, 1.165) is 11.3 Å². The van der Waals surface area contributed by atoms with Crippen molar-refractivity contribution in [3.8, 4) is 5.75 Å². The summed E-state index contributed by atoms with van der Waals surface area (Å²) in [6, 6.07) is 7.85. The van der Waals surface area contributed by atoms with E-state index in [1.165, 1.54) is 0 Å². The van der Waals surface area contributed by atoms with Crippen LogP contribution in [0.4, 0.5) is 0 Å². The Kier molecular flexibility index (Phi) is 3.84. The van der Waals surface area contributed by atoms with Crippen molar-refractivity contribution >= 4 is 0 Å². The van der Waals surface area contributed by atoms with Crippen LogP contribution in [-0.2, 0) is 13.2 Å². The first kappa shape index (κ1) is 12.4. The summed E-state index contributed by atoms with van der Waals surface area (Å²) in [5.74, 6) is 2.66. The summed E-state index contributed by atoms with van der Waals surface area (Å²) < 4.78 is 5.63. The first-order valence-corrected chi connectivity index (χ1v) is 5.77. The highest BCUT2D eigenvalue weighted by Crippen LogP contribution is 2.13. The maximum Gasteiger partial charge on any atom is 0.170 e. The van der Waals surface area contributed by atoms with E-state index in [4.69, 9.17) is 10.5 Å². The molecule has 2 rings (SSSR count). The fourth-order valence-electron chi connectivity index (χ4n) is 1.61. The fraction of sp³-hybridized carbons (Fsp3) is 0.308. The van der Waals surface area contributed by atoms with Crippen molar-refractivity contribution in [2.45, 2.75) is 27.0 Å². The van der Waals surface area contributed by atoms with Crippen molar-refractivity contribution in [3.63, 3.8) is 0 Å². The summed E-state index contributed by atoms with van der Waals surface area (Å²) in [6.07, 6.45) is 0. The topological polar surface area (TPSA) is 73.9 Å². The fourth-order valence-corrected chi connectivity index (χ4v) is 1.61. The monoisotopic (exact) mass is 244 g/mol. The molecule has 0 saturated carbocycles. The van der Waals surface area contributed by atoms with Gasteiger partial charge >= 0.3 is 0 Å². The molecule has 2 aromatic rings. The standard InChI is InChI=1S/C13H16N4O/c1-9-4-3-5-11(6-9)18-8-13-16-10(2)15-12(7-14)17-13/h3-6H,7-8,14H2,1-2H3. The van der Waals surface area contributed by atoms with Crippen LogP contribution >= 0.6 is 0 Å². The van der Waals surface area contributed by atoms with Crippen LogP contribution in [0.2, 0.25) is 0 Å². The second-order valence-corrected chi connectivity index (χ2v) is 4.02. The quantitative estimate of drug-likeness (QED) is 0.882. The van der Waals surface area contributed by atoms with Crippen molar-refractivity contribution < 1.29 is 4.74 Å². The Balaban J connectivity index is 2.08. The summed E-state index contributed by atoms with van der Waals surface area (Å²) in [5, 5.41) is 0.